The van der Waals surface area contributed by atoms with E-state index >= 15 is 0 Å². The van der Waals surface area contributed by atoms with Gasteiger partial charge in [0, 0.05) is 26.8 Å². The van der Waals surface area contributed by atoms with E-state index in [-0.39, 0.29) is 0 Å². The number of aryl methyl sites for hydroxylation is 2. The summed E-state index contributed by atoms with van der Waals surface area (Å²) in [5, 5.41) is 0. The van der Waals surface area contributed by atoms with Crippen LogP contribution in [0.4, 0.5) is 0 Å². The SMILES string of the molecule is Cc1ccc(C)c(S(=O)(=O)N(C)CC2CCOCC2)c1. The molecule has 20 heavy (non-hydrogen) atoms. The summed E-state index contributed by atoms with van der Waals surface area (Å²) in [7, 11) is -1.73. The molecule has 0 aromatic heterocycles. The predicted molar refractivity (Wildman–Crippen MR) is 79.3 cm³/mol. The normalized spacial score (nSPS) is 17.6. The molecule has 0 N–H and O–H groups in total. The average Bonchev–Trinajstić information content (AvgIpc) is 2.42. The van der Waals surface area contributed by atoms with Crippen LogP contribution in [0.1, 0.15) is 24.0 Å². The van der Waals surface area contributed by atoms with Gasteiger partial charge in [-0.1, -0.05) is 12.1 Å². The molecule has 0 radical (unpaired) electrons. The summed E-state index contributed by atoms with van der Waals surface area (Å²) in [4.78, 5) is 0.423. The molecule has 0 saturated carbocycles. The molecule has 1 aliphatic heterocycles. The topological polar surface area (TPSA) is 46.6 Å². The standard InChI is InChI=1S/C15H23NO3S/c1-12-4-5-13(2)15(10-12)20(17,18)16(3)11-14-6-8-19-9-7-14/h4-5,10,14H,6-9,11H2,1-3H3. The van der Waals surface area contributed by atoms with Crippen LogP contribution >= 0.6 is 0 Å². The minimum absolute atomic E-state index is 0.397. The van der Waals surface area contributed by atoms with Crippen LogP contribution in [0.5, 0.6) is 0 Å². The second kappa shape index (κ2) is 6.24. The zero-order valence-corrected chi connectivity index (χ0v) is 13.2. The van der Waals surface area contributed by atoms with Crippen molar-refractivity contribution in [1.29, 1.82) is 0 Å². The molecule has 0 bridgehead atoms. The maximum absolute atomic E-state index is 12.7. The first kappa shape index (κ1) is 15.5. The van der Waals surface area contributed by atoms with Crippen molar-refractivity contribution in [3.8, 4) is 0 Å². The lowest BCUT2D eigenvalue weighted by Gasteiger charge is -2.27. The molecule has 0 amide bonds. The Bertz CT molecular complexity index is 562. The van der Waals surface area contributed by atoms with Crippen molar-refractivity contribution in [2.75, 3.05) is 26.8 Å². The molecule has 4 nitrogen and oxygen atoms in total. The van der Waals surface area contributed by atoms with E-state index in [0.29, 0.717) is 17.4 Å². The molecule has 0 aliphatic carbocycles. The van der Waals surface area contributed by atoms with Gasteiger partial charge in [-0.15, -0.1) is 0 Å². The van der Waals surface area contributed by atoms with E-state index in [0.717, 1.165) is 37.2 Å². The van der Waals surface area contributed by atoms with Crippen molar-refractivity contribution in [2.45, 2.75) is 31.6 Å². The highest BCUT2D eigenvalue weighted by Gasteiger charge is 2.26. The Hall–Kier alpha value is -0.910. The van der Waals surface area contributed by atoms with Crippen LogP contribution in [-0.4, -0.2) is 39.5 Å². The van der Waals surface area contributed by atoms with Gasteiger partial charge in [0.1, 0.15) is 0 Å². The summed E-state index contributed by atoms with van der Waals surface area (Å²) in [6.07, 6.45) is 1.87. The first-order valence-corrected chi connectivity index (χ1v) is 8.46. The van der Waals surface area contributed by atoms with Gasteiger partial charge >= 0.3 is 0 Å². The lowest BCUT2D eigenvalue weighted by Crippen LogP contribution is -2.34. The van der Waals surface area contributed by atoms with Gasteiger partial charge in [0.05, 0.1) is 4.90 Å². The maximum atomic E-state index is 12.7. The number of hydrogen-bond acceptors (Lipinski definition) is 3. The Labute approximate surface area is 121 Å². The Morgan fingerprint density at radius 1 is 1.25 bits per heavy atom. The molecule has 0 atom stereocenters. The molecule has 1 aromatic rings. The van der Waals surface area contributed by atoms with E-state index in [2.05, 4.69) is 0 Å². The van der Waals surface area contributed by atoms with Gasteiger partial charge in [-0.3, -0.25) is 0 Å². The summed E-state index contributed by atoms with van der Waals surface area (Å²) in [6.45, 7) is 5.80. The highest BCUT2D eigenvalue weighted by molar-refractivity contribution is 7.89. The Morgan fingerprint density at radius 2 is 1.90 bits per heavy atom. The summed E-state index contributed by atoms with van der Waals surface area (Å²) in [5.74, 6) is 0.397. The molecule has 1 aliphatic rings. The zero-order valence-electron chi connectivity index (χ0n) is 12.4. The average molecular weight is 297 g/mol. The highest BCUT2D eigenvalue weighted by Crippen LogP contribution is 2.23. The predicted octanol–water partition coefficient (Wildman–Crippen LogP) is 2.35. The fraction of sp³-hybridized carbons (Fsp3) is 0.600. The minimum atomic E-state index is -3.40. The summed E-state index contributed by atoms with van der Waals surface area (Å²) in [6, 6.07) is 5.56. The molecule has 1 fully saturated rings. The number of rotatable bonds is 4. The molecule has 1 saturated heterocycles. The van der Waals surface area contributed by atoms with Gasteiger partial charge in [-0.05, 0) is 49.8 Å². The summed E-state index contributed by atoms with van der Waals surface area (Å²) >= 11 is 0. The van der Waals surface area contributed by atoms with Gasteiger partial charge in [0.2, 0.25) is 10.0 Å². The fourth-order valence-corrected chi connectivity index (χ4v) is 4.10. The first-order chi connectivity index (χ1) is 9.41. The lowest BCUT2D eigenvalue weighted by atomic mass is 10.0. The molecule has 1 heterocycles. The number of ether oxygens (including phenoxy) is 1. The van der Waals surface area contributed by atoms with E-state index in [1.165, 1.54) is 4.31 Å². The number of nitrogens with zero attached hydrogens (tertiary/aromatic N) is 1. The van der Waals surface area contributed by atoms with Crippen molar-refractivity contribution in [1.82, 2.24) is 4.31 Å². The van der Waals surface area contributed by atoms with Gasteiger partial charge in [-0.2, -0.15) is 0 Å². The lowest BCUT2D eigenvalue weighted by molar-refractivity contribution is 0.0620. The van der Waals surface area contributed by atoms with E-state index in [4.69, 9.17) is 4.74 Å². The maximum Gasteiger partial charge on any atom is 0.243 e. The number of sulfonamides is 1. The van der Waals surface area contributed by atoms with Gasteiger partial charge in [0.15, 0.2) is 0 Å². The van der Waals surface area contributed by atoms with Crippen molar-refractivity contribution in [3.63, 3.8) is 0 Å². The van der Waals surface area contributed by atoms with Gasteiger partial charge < -0.3 is 4.74 Å². The van der Waals surface area contributed by atoms with Crippen molar-refractivity contribution >= 4 is 10.0 Å². The third kappa shape index (κ3) is 3.40. The number of benzene rings is 1. The van der Waals surface area contributed by atoms with Crippen molar-refractivity contribution < 1.29 is 13.2 Å². The highest BCUT2D eigenvalue weighted by atomic mass is 32.2. The van der Waals surface area contributed by atoms with Gasteiger partial charge in [0.25, 0.3) is 0 Å². The Balaban J connectivity index is 2.18. The van der Waals surface area contributed by atoms with Crippen LogP contribution in [-0.2, 0) is 14.8 Å². The van der Waals surface area contributed by atoms with Crippen LogP contribution in [0.15, 0.2) is 23.1 Å². The largest absolute Gasteiger partial charge is 0.381 e. The fourth-order valence-electron chi connectivity index (χ4n) is 2.54. The van der Waals surface area contributed by atoms with Crippen LogP contribution in [0.25, 0.3) is 0 Å². The smallest absolute Gasteiger partial charge is 0.243 e. The van der Waals surface area contributed by atoms with E-state index in [1.807, 2.05) is 26.0 Å². The molecule has 5 heteroatoms. The third-order valence-electron chi connectivity index (χ3n) is 3.89. The first-order valence-electron chi connectivity index (χ1n) is 7.02. The second-order valence-electron chi connectivity index (χ2n) is 5.61. The second-order valence-corrected chi connectivity index (χ2v) is 7.62. The summed E-state index contributed by atoms with van der Waals surface area (Å²) < 4.78 is 32.2. The molecule has 0 spiro atoms. The summed E-state index contributed by atoms with van der Waals surface area (Å²) in [5.41, 5.74) is 1.77. The van der Waals surface area contributed by atoms with Crippen LogP contribution in [0.2, 0.25) is 0 Å². The van der Waals surface area contributed by atoms with Crippen LogP contribution in [0, 0.1) is 19.8 Å². The van der Waals surface area contributed by atoms with Crippen molar-refractivity contribution in [3.05, 3.63) is 29.3 Å². The van der Waals surface area contributed by atoms with Crippen LogP contribution < -0.4 is 0 Å². The molecule has 2 rings (SSSR count). The Kier molecular flexibility index (Phi) is 4.83. The monoisotopic (exact) mass is 297 g/mol. The molecule has 1 aromatic carbocycles. The van der Waals surface area contributed by atoms with Crippen LogP contribution in [0.3, 0.4) is 0 Å². The molecule has 112 valence electrons. The molecular weight excluding hydrogens is 274 g/mol. The molecule has 0 unspecified atom stereocenters. The Morgan fingerprint density at radius 3 is 2.55 bits per heavy atom. The quantitative estimate of drug-likeness (QED) is 0.857. The van der Waals surface area contributed by atoms with E-state index in [1.54, 1.807) is 13.1 Å². The van der Waals surface area contributed by atoms with Crippen molar-refractivity contribution in [2.24, 2.45) is 5.92 Å². The minimum Gasteiger partial charge on any atom is -0.381 e. The van der Waals surface area contributed by atoms with Gasteiger partial charge in [-0.25, -0.2) is 12.7 Å². The third-order valence-corrected chi connectivity index (χ3v) is 5.85. The number of hydrogen-bond donors (Lipinski definition) is 0. The zero-order chi connectivity index (χ0) is 14.8. The van der Waals surface area contributed by atoms with E-state index < -0.39 is 10.0 Å². The molecular formula is C15H23NO3S. The van der Waals surface area contributed by atoms with E-state index in [9.17, 15) is 8.42 Å².